The summed E-state index contributed by atoms with van der Waals surface area (Å²) in [4.78, 5) is 47.5. The number of non-ortho nitro benzene ring substituents is 1. The van der Waals surface area contributed by atoms with Crippen molar-refractivity contribution in [2.45, 2.75) is 25.7 Å². The van der Waals surface area contributed by atoms with Gasteiger partial charge in [0.2, 0.25) is 5.91 Å². The van der Waals surface area contributed by atoms with E-state index in [1.807, 2.05) is 0 Å². The smallest absolute Gasteiger partial charge is 0.316 e. The third kappa shape index (κ3) is 2.98. The van der Waals surface area contributed by atoms with Crippen molar-refractivity contribution in [2.24, 2.45) is 11.8 Å². The summed E-state index contributed by atoms with van der Waals surface area (Å²) < 4.78 is 4.77. The molecule has 1 aromatic carbocycles. The number of amides is 1. The van der Waals surface area contributed by atoms with Crippen molar-refractivity contribution in [1.29, 1.82) is 0 Å². The number of carbonyl (C=O) groups excluding carboxylic acids is 3. The molecule has 1 heterocycles. The minimum Gasteiger partial charge on any atom is -0.468 e. The van der Waals surface area contributed by atoms with Crippen molar-refractivity contribution in [1.82, 2.24) is 5.32 Å². The number of nitrogens with one attached hydrogen (secondary N) is 1. The Hall–Kier alpha value is -3.03. The minimum absolute atomic E-state index is 0.0463. The molecule has 3 rings (SSSR count). The fraction of sp³-hybridized carbons (Fsp3) is 0.389. The van der Waals surface area contributed by atoms with E-state index >= 15 is 0 Å². The normalized spacial score (nSPS) is 25.4. The number of allylic oxidation sites excluding steroid dienone is 2. The van der Waals surface area contributed by atoms with Crippen LogP contribution in [0, 0.1) is 22.0 Å². The van der Waals surface area contributed by atoms with Gasteiger partial charge in [-0.3, -0.25) is 24.5 Å². The summed E-state index contributed by atoms with van der Waals surface area (Å²) >= 11 is 0. The van der Waals surface area contributed by atoms with Gasteiger partial charge in [-0.05, 0) is 17.9 Å². The van der Waals surface area contributed by atoms with Gasteiger partial charge in [-0.25, -0.2) is 0 Å². The van der Waals surface area contributed by atoms with E-state index in [4.69, 9.17) is 4.74 Å². The molecule has 0 saturated carbocycles. The molecule has 1 aliphatic carbocycles. The van der Waals surface area contributed by atoms with Gasteiger partial charge in [0.25, 0.3) is 5.69 Å². The van der Waals surface area contributed by atoms with Gasteiger partial charge < -0.3 is 10.1 Å². The molecule has 26 heavy (non-hydrogen) atoms. The van der Waals surface area contributed by atoms with Gasteiger partial charge in [0, 0.05) is 35.7 Å². The number of benzene rings is 1. The van der Waals surface area contributed by atoms with Crippen LogP contribution in [0.1, 0.15) is 31.2 Å². The Balaban J connectivity index is 2.04. The average Bonchev–Trinajstić information content (AvgIpc) is 2.60. The summed E-state index contributed by atoms with van der Waals surface area (Å²) in [5.74, 6) is -2.89. The second kappa shape index (κ2) is 6.70. The number of esters is 1. The zero-order valence-corrected chi connectivity index (χ0v) is 14.4. The predicted octanol–water partition coefficient (Wildman–Crippen LogP) is 1.85. The van der Waals surface area contributed by atoms with E-state index in [1.54, 1.807) is 19.1 Å². The molecule has 2 aliphatic rings. The van der Waals surface area contributed by atoms with E-state index in [1.165, 1.54) is 19.2 Å². The summed E-state index contributed by atoms with van der Waals surface area (Å²) in [5, 5.41) is 13.6. The Morgan fingerprint density at radius 1 is 1.23 bits per heavy atom. The molecule has 0 radical (unpaired) electrons. The largest absolute Gasteiger partial charge is 0.468 e. The quantitative estimate of drug-likeness (QED) is 0.381. The molecule has 8 heteroatoms. The number of ether oxygens (including phenoxy) is 1. The third-order valence-corrected chi connectivity index (χ3v) is 4.96. The van der Waals surface area contributed by atoms with Crippen LogP contribution in [0.2, 0.25) is 0 Å². The molecule has 0 saturated heterocycles. The number of hydrogen-bond acceptors (Lipinski definition) is 6. The number of carbonyl (C=O) groups is 3. The molecule has 3 atom stereocenters. The first kappa shape index (κ1) is 17.8. The predicted molar refractivity (Wildman–Crippen MR) is 89.9 cm³/mol. The van der Waals surface area contributed by atoms with Gasteiger partial charge in [0.15, 0.2) is 5.78 Å². The molecule has 1 aromatic rings. The molecule has 0 spiro atoms. The van der Waals surface area contributed by atoms with Crippen molar-refractivity contribution in [3.05, 3.63) is 51.2 Å². The highest BCUT2D eigenvalue weighted by molar-refractivity contribution is 6.11. The van der Waals surface area contributed by atoms with Gasteiger partial charge in [0.1, 0.15) is 5.92 Å². The summed E-state index contributed by atoms with van der Waals surface area (Å²) in [6, 6.07) is 5.78. The molecule has 8 nitrogen and oxygen atoms in total. The van der Waals surface area contributed by atoms with Crippen LogP contribution in [-0.2, 0) is 19.1 Å². The number of nitro benzene ring substituents is 1. The second-order valence-corrected chi connectivity index (χ2v) is 6.59. The van der Waals surface area contributed by atoms with Crippen molar-refractivity contribution in [2.75, 3.05) is 7.11 Å². The zero-order valence-electron chi connectivity index (χ0n) is 14.4. The molecular weight excluding hydrogens is 340 g/mol. The van der Waals surface area contributed by atoms with Crippen molar-refractivity contribution in [3.8, 4) is 0 Å². The van der Waals surface area contributed by atoms with E-state index in [2.05, 4.69) is 5.32 Å². The lowest BCUT2D eigenvalue weighted by atomic mass is 9.70. The molecule has 1 N–H and O–H groups in total. The Labute approximate surface area is 149 Å². The van der Waals surface area contributed by atoms with Crippen LogP contribution in [-0.4, -0.2) is 29.7 Å². The highest BCUT2D eigenvalue weighted by atomic mass is 16.6. The summed E-state index contributed by atoms with van der Waals surface area (Å²) in [7, 11) is 1.24. The van der Waals surface area contributed by atoms with E-state index in [0.717, 1.165) is 0 Å². The first-order chi connectivity index (χ1) is 12.3. The van der Waals surface area contributed by atoms with Gasteiger partial charge in [0.05, 0.1) is 12.0 Å². The third-order valence-electron chi connectivity index (χ3n) is 4.96. The molecule has 0 aromatic heterocycles. The second-order valence-electron chi connectivity index (χ2n) is 6.59. The number of nitrogens with zero attached hydrogens (tertiary/aromatic N) is 1. The van der Waals surface area contributed by atoms with Gasteiger partial charge in [-0.1, -0.05) is 19.1 Å². The van der Waals surface area contributed by atoms with Crippen molar-refractivity contribution < 1.29 is 24.0 Å². The van der Waals surface area contributed by atoms with E-state index in [-0.39, 0.29) is 29.7 Å². The first-order valence-electron chi connectivity index (χ1n) is 8.22. The van der Waals surface area contributed by atoms with E-state index < -0.39 is 22.7 Å². The highest BCUT2D eigenvalue weighted by Crippen LogP contribution is 2.42. The number of nitro groups is 1. The number of Topliss-reactive ketones (excluding diaryl/α,β-unsaturated/α-hetero) is 1. The van der Waals surface area contributed by atoms with Gasteiger partial charge >= 0.3 is 5.97 Å². The lowest BCUT2D eigenvalue weighted by Crippen LogP contribution is -2.44. The lowest BCUT2D eigenvalue weighted by Gasteiger charge is -2.36. The molecule has 0 fully saturated rings. The fourth-order valence-corrected chi connectivity index (χ4v) is 3.71. The van der Waals surface area contributed by atoms with Crippen LogP contribution in [0.25, 0.3) is 0 Å². The van der Waals surface area contributed by atoms with Crippen LogP contribution in [0.3, 0.4) is 0 Å². The maximum absolute atomic E-state index is 13.0. The first-order valence-corrected chi connectivity index (χ1v) is 8.22. The van der Waals surface area contributed by atoms with E-state index in [9.17, 15) is 24.5 Å². The number of rotatable bonds is 3. The standard InChI is InChI=1S/C18H18N2O6/c1-9-7-13-16(17(22)15(9)18(23)26-2)12(8-14(21)19-13)10-3-5-11(6-4-10)20(24)25/h3-6,9,12,15H,7-8H2,1-2H3,(H,19,21)/t9-,12-,15-/m0/s1. The topological polar surface area (TPSA) is 116 Å². The highest BCUT2D eigenvalue weighted by Gasteiger charge is 2.45. The maximum atomic E-state index is 13.0. The van der Waals surface area contributed by atoms with Crippen LogP contribution in [0.5, 0.6) is 0 Å². The van der Waals surface area contributed by atoms with Crippen LogP contribution >= 0.6 is 0 Å². The SMILES string of the molecule is COC(=O)[C@@H]1C(=O)C2=C(C[C@@H]1C)NC(=O)C[C@H]2c1ccc([N+](=O)[O-])cc1. The molecular formula is C18H18N2O6. The van der Waals surface area contributed by atoms with E-state index in [0.29, 0.717) is 23.3 Å². The van der Waals surface area contributed by atoms with Crippen molar-refractivity contribution in [3.63, 3.8) is 0 Å². The van der Waals surface area contributed by atoms with Crippen molar-refractivity contribution >= 4 is 23.3 Å². The number of hydrogen-bond donors (Lipinski definition) is 1. The Kier molecular flexibility index (Phi) is 4.58. The van der Waals surface area contributed by atoms with Gasteiger partial charge in [-0.15, -0.1) is 0 Å². The summed E-state index contributed by atoms with van der Waals surface area (Å²) in [6.07, 6.45) is 0.431. The molecule has 1 amide bonds. The minimum atomic E-state index is -0.908. The number of ketones is 1. The molecule has 136 valence electrons. The maximum Gasteiger partial charge on any atom is 0.316 e. The molecule has 1 aliphatic heterocycles. The van der Waals surface area contributed by atoms with Crippen LogP contribution in [0.4, 0.5) is 5.69 Å². The number of methoxy groups -OCH3 is 1. The lowest BCUT2D eigenvalue weighted by molar-refractivity contribution is -0.384. The Morgan fingerprint density at radius 3 is 2.46 bits per heavy atom. The zero-order chi connectivity index (χ0) is 19.0. The molecule has 0 bridgehead atoms. The Morgan fingerprint density at radius 2 is 1.88 bits per heavy atom. The Bertz CT molecular complexity index is 827. The summed E-state index contributed by atoms with van der Waals surface area (Å²) in [6.45, 7) is 1.77. The van der Waals surface area contributed by atoms with Crippen LogP contribution < -0.4 is 5.32 Å². The summed E-state index contributed by atoms with van der Waals surface area (Å²) in [5.41, 5.74) is 1.48. The molecule has 0 unspecified atom stereocenters. The average molecular weight is 358 g/mol. The fourth-order valence-electron chi connectivity index (χ4n) is 3.71. The monoisotopic (exact) mass is 358 g/mol. The van der Waals surface area contributed by atoms with Crippen LogP contribution in [0.15, 0.2) is 35.5 Å². The van der Waals surface area contributed by atoms with Gasteiger partial charge in [-0.2, -0.15) is 0 Å².